The highest BCUT2D eigenvalue weighted by Gasteiger charge is 2.23. The summed E-state index contributed by atoms with van der Waals surface area (Å²) < 4.78 is 9.34. The third-order valence-corrected chi connectivity index (χ3v) is 13.2. The molecule has 0 aliphatic heterocycles. The second-order valence-electron chi connectivity index (χ2n) is 16.9. The summed E-state index contributed by atoms with van der Waals surface area (Å²) in [6.45, 7) is 0. The van der Waals surface area contributed by atoms with Crippen molar-refractivity contribution in [2.75, 3.05) is 4.90 Å². The predicted octanol–water partition coefficient (Wildman–Crippen LogP) is 17.5. The van der Waals surface area contributed by atoms with Crippen molar-refractivity contribution in [3.05, 3.63) is 243 Å². The van der Waals surface area contributed by atoms with Gasteiger partial charge in [0.1, 0.15) is 11.2 Å². The number of rotatable bonds is 7. The molecule has 0 N–H and O–H groups in total. The molecule has 0 amide bonds. The summed E-state index contributed by atoms with van der Waals surface area (Å²) in [5, 5.41) is 9.66. The van der Waals surface area contributed by atoms with Crippen molar-refractivity contribution in [1.29, 1.82) is 0 Å². The minimum Gasteiger partial charge on any atom is -0.455 e. The van der Waals surface area contributed by atoms with Crippen LogP contribution in [0.15, 0.2) is 247 Å². The molecule has 0 saturated heterocycles. The van der Waals surface area contributed by atoms with Gasteiger partial charge in [0.15, 0.2) is 0 Å². The number of nitrogens with zero attached hydrogens (tertiary/aromatic N) is 2. The lowest BCUT2D eigenvalue weighted by Crippen LogP contribution is -2.10. The molecule has 2 heterocycles. The van der Waals surface area contributed by atoms with Crippen LogP contribution in [-0.2, 0) is 0 Å². The number of fused-ring (bicyclic) bond motifs is 9. The molecular formula is C62H40N2O. The van der Waals surface area contributed by atoms with E-state index in [0.29, 0.717) is 0 Å². The van der Waals surface area contributed by atoms with E-state index < -0.39 is 0 Å². The van der Waals surface area contributed by atoms with Crippen LogP contribution in [0.3, 0.4) is 0 Å². The maximum atomic E-state index is 6.96. The molecule has 0 fully saturated rings. The number of hydrogen-bond acceptors (Lipinski definition) is 2. The van der Waals surface area contributed by atoms with Crippen molar-refractivity contribution in [3.8, 4) is 39.1 Å². The van der Waals surface area contributed by atoms with Gasteiger partial charge in [-0.1, -0.05) is 170 Å². The molecule has 0 spiro atoms. The molecular weight excluding hydrogens is 789 g/mol. The summed E-state index contributed by atoms with van der Waals surface area (Å²) >= 11 is 0. The number of furan rings is 1. The molecule has 0 unspecified atom stereocenters. The fraction of sp³-hybridized carbons (Fsp3) is 0. The molecule has 0 radical (unpaired) electrons. The van der Waals surface area contributed by atoms with E-state index in [1.54, 1.807) is 0 Å². The van der Waals surface area contributed by atoms with Crippen LogP contribution in [0.4, 0.5) is 17.1 Å². The Balaban J connectivity index is 0.979. The zero-order valence-electron chi connectivity index (χ0n) is 35.4. The second-order valence-corrected chi connectivity index (χ2v) is 16.9. The van der Waals surface area contributed by atoms with E-state index in [-0.39, 0.29) is 0 Å². The Morgan fingerprint density at radius 1 is 0.338 bits per heavy atom. The van der Waals surface area contributed by atoms with Crippen LogP contribution in [0, 0.1) is 0 Å². The van der Waals surface area contributed by atoms with E-state index in [9.17, 15) is 0 Å². The third kappa shape index (κ3) is 6.12. The van der Waals surface area contributed by atoms with Crippen LogP contribution in [0.1, 0.15) is 0 Å². The summed E-state index contributed by atoms with van der Waals surface area (Å²) in [6, 6.07) is 87.6. The molecule has 13 aromatic rings. The van der Waals surface area contributed by atoms with Crippen LogP contribution in [0.25, 0.3) is 104 Å². The van der Waals surface area contributed by atoms with Crippen molar-refractivity contribution < 1.29 is 4.42 Å². The summed E-state index contributed by atoms with van der Waals surface area (Å²) in [5.74, 6) is 0. The lowest BCUT2D eigenvalue weighted by Gasteiger charge is -2.27. The molecule has 0 aliphatic carbocycles. The Morgan fingerprint density at radius 2 is 0.877 bits per heavy atom. The maximum absolute atomic E-state index is 6.96. The molecule has 2 aromatic heterocycles. The largest absolute Gasteiger partial charge is 0.455 e. The topological polar surface area (TPSA) is 21.3 Å². The predicted molar refractivity (Wildman–Crippen MR) is 274 cm³/mol. The first-order valence-corrected chi connectivity index (χ1v) is 22.2. The summed E-state index contributed by atoms with van der Waals surface area (Å²) in [6.07, 6.45) is 0. The Morgan fingerprint density at radius 3 is 1.60 bits per heavy atom. The van der Waals surface area contributed by atoms with Gasteiger partial charge in [-0.2, -0.15) is 0 Å². The average molecular weight is 829 g/mol. The van der Waals surface area contributed by atoms with Crippen LogP contribution in [0.2, 0.25) is 0 Å². The lowest BCUT2D eigenvalue weighted by molar-refractivity contribution is 0.670. The molecule has 0 atom stereocenters. The molecule has 3 heteroatoms. The Kier molecular flexibility index (Phi) is 8.53. The minimum atomic E-state index is 0.855. The van der Waals surface area contributed by atoms with Gasteiger partial charge >= 0.3 is 0 Å². The third-order valence-electron chi connectivity index (χ3n) is 13.2. The fourth-order valence-corrected chi connectivity index (χ4v) is 10.1. The highest BCUT2D eigenvalue weighted by molar-refractivity contribution is 6.17. The average Bonchev–Trinajstić information content (AvgIpc) is 3.94. The molecule has 3 nitrogen and oxygen atoms in total. The lowest BCUT2D eigenvalue weighted by atomic mass is 9.97. The molecule has 0 bridgehead atoms. The van der Waals surface area contributed by atoms with Gasteiger partial charge in [0.2, 0.25) is 0 Å². The quantitative estimate of drug-likeness (QED) is 0.149. The first kappa shape index (κ1) is 36.9. The van der Waals surface area contributed by atoms with Crippen molar-refractivity contribution in [3.63, 3.8) is 0 Å². The van der Waals surface area contributed by atoms with Gasteiger partial charge < -0.3 is 13.9 Å². The van der Waals surface area contributed by atoms with Gasteiger partial charge in [0.05, 0.1) is 22.1 Å². The number of anilines is 3. The van der Waals surface area contributed by atoms with E-state index in [2.05, 4.69) is 252 Å². The van der Waals surface area contributed by atoms with E-state index >= 15 is 0 Å². The summed E-state index contributed by atoms with van der Waals surface area (Å²) in [5.41, 5.74) is 15.2. The van der Waals surface area contributed by atoms with Gasteiger partial charge in [-0.15, -0.1) is 0 Å². The van der Waals surface area contributed by atoms with Gasteiger partial charge in [-0.25, -0.2) is 0 Å². The first-order chi connectivity index (χ1) is 32.2. The van der Waals surface area contributed by atoms with E-state index in [0.717, 1.165) is 55.8 Å². The normalized spacial score (nSPS) is 11.7. The minimum absolute atomic E-state index is 0.855. The molecule has 0 saturated carbocycles. The fourth-order valence-electron chi connectivity index (χ4n) is 10.1. The standard InChI is InChI=1S/C62H40N2O/c1-2-13-41(14-3-1)42-29-33-48(34-30-42)63(49-35-31-43(32-36-49)46-28-27-45-26-25-44-15-4-5-18-51(44)56(45)40-46)59-38-37-52(62-61(59)55-21-8-11-24-60(55)65-62)47-16-12-17-50(39-47)64-57-22-9-6-19-53(57)54-20-7-10-23-58(54)64/h1-40H. The molecule has 65 heavy (non-hydrogen) atoms. The van der Waals surface area contributed by atoms with Crippen molar-refractivity contribution in [1.82, 2.24) is 4.57 Å². The van der Waals surface area contributed by atoms with Crippen LogP contribution in [0.5, 0.6) is 0 Å². The summed E-state index contributed by atoms with van der Waals surface area (Å²) in [4.78, 5) is 2.38. The first-order valence-electron chi connectivity index (χ1n) is 22.2. The van der Waals surface area contributed by atoms with Crippen LogP contribution >= 0.6 is 0 Å². The molecule has 0 aliphatic rings. The SMILES string of the molecule is c1ccc(-c2ccc(N(c3ccc(-c4ccc5ccc6ccccc6c5c4)cc3)c3ccc(-c4cccc(-n5c6ccccc6c6ccccc65)c4)c4oc5ccccc5c34)cc2)cc1. The van der Waals surface area contributed by atoms with Crippen molar-refractivity contribution >= 4 is 82.4 Å². The van der Waals surface area contributed by atoms with Gasteiger partial charge in [-0.3, -0.25) is 0 Å². The monoisotopic (exact) mass is 828 g/mol. The number of benzene rings is 11. The maximum Gasteiger partial charge on any atom is 0.145 e. The number of para-hydroxylation sites is 3. The number of aromatic nitrogens is 1. The van der Waals surface area contributed by atoms with Gasteiger partial charge in [0, 0.05) is 38.8 Å². The molecule has 13 rings (SSSR count). The Bertz CT molecular complexity index is 3880. The second kappa shape index (κ2) is 15.0. The van der Waals surface area contributed by atoms with E-state index in [4.69, 9.17) is 4.42 Å². The van der Waals surface area contributed by atoms with E-state index in [1.165, 1.54) is 65.6 Å². The van der Waals surface area contributed by atoms with Gasteiger partial charge in [-0.05, 0) is 122 Å². The highest BCUT2D eigenvalue weighted by atomic mass is 16.3. The zero-order valence-corrected chi connectivity index (χ0v) is 35.4. The van der Waals surface area contributed by atoms with Crippen molar-refractivity contribution in [2.45, 2.75) is 0 Å². The highest BCUT2D eigenvalue weighted by Crippen LogP contribution is 2.47. The molecule has 11 aromatic carbocycles. The Hall–Kier alpha value is -8.66. The number of hydrogen-bond donors (Lipinski definition) is 0. The summed E-state index contributed by atoms with van der Waals surface area (Å²) in [7, 11) is 0. The Labute approximate surface area is 376 Å². The van der Waals surface area contributed by atoms with E-state index in [1.807, 2.05) is 0 Å². The smallest absolute Gasteiger partial charge is 0.145 e. The van der Waals surface area contributed by atoms with Gasteiger partial charge in [0.25, 0.3) is 0 Å². The van der Waals surface area contributed by atoms with Crippen LogP contribution < -0.4 is 4.90 Å². The van der Waals surface area contributed by atoms with Crippen LogP contribution in [-0.4, -0.2) is 4.57 Å². The molecule has 304 valence electrons. The zero-order chi connectivity index (χ0) is 42.8. The van der Waals surface area contributed by atoms with Crippen molar-refractivity contribution in [2.24, 2.45) is 0 Å².